The lowest BCUT2D eigenvalue weighted by atomic mass is 10.2. The SMILES string of the molecule is CNC(CSCc1ccccc1Cl)C(=O)O. The van der Waals surface area contributed by atoms with Crippen LogP contribution < -0.4 is 5.32 Å². The molecule has 0 spiro atoms. The first-order valence-electron chi connectivity index (χ1n) is 4.86. The van der Waals surface area contributed by atoms with Crippen molar-refractivity contribution in [1.29, 1.82) is 0 Å². The van der Waals surface area contributed by atoms with Crippen LogP contribution in [0.4, 0.5) is 0 Å². The number of carboxylic acid groups (broad SMARTS) is 1. The van der Waals surface area contributed by atoms with E-state index in [1.165, 1.54) is 0 Å². The van der Waals surface area contributed by atoms with Crippen molar-refractivity contribution in [1.82, 2.24) is 5.32 Å². The largest absolute Gasteiger partial charge is 0.480 e. The van der Waals surface area contributed by atoms with E-state index in [2.05, 4.69) is 5.32 Å². The Labute approximate surface area is 104 Å². The molecule has 0 aliphatic carbocycles. The Morgan fingerprint density at radius 3 is 2.81 bits per heavy atom. The molecule has 3 nitrogen and oxygen atoms in total. The first-order valence-corrected chi connectivity index (χ1v) is 6.39. The van der Waals surface area contributed by atoms with Gasteiger partial charge in [0.25, 0.3) is 0 Å². The summed E-state index contributed by atoms with van der Waals surface area (Å²) in [7, 11) is 1.65. The monoisotopic (exact) mass is 259 g/mol. The van der Waals surface area contributed by atoms with E-state index in [0.717, 1.165) is 16.3 Å². The van der Waals surface area contributed by atoms with Gasteiger partial charge in [0, 0.05) is 16.5 Å². The average Bonchev–Trinajstić information content (AvgIpc) is 2.26. The molecule has 5 heteroatoms. The Morgan fingerprint density at radius 1 is 1.56 bits per heavy atom. The molecule has 0 radical (unpaired) electrons. The average molecular weight is 260 g/mol. The molecule has 88 valence electrons. The van der Waals surface area contributed by atoms with E-state index in [-0.39, 0.29) is 0 Å². The number of thioether (sulfide) groups is 1. The molecule has 0 saturated heterocycles. The van der Waals surface area contributed by atoms with Gasteiger partial charge in [0.1, 0.15) is 6.04 Å². The molecule has 1 atom stereocenters. The van der Waals surface area contributed by atoms with E-state index < -0.39 is 12.0 Å². The van der Waals surface area contributed by atoms with Crippen molar-refractivity contribution in [2.45, 2.75) is 11.8 Å². The Balaban J connectivity index is 2.41. The Morgan fingerprint density at radius 2 is 2.25 bits per heavy atom. The highest BCUT2D eigenvalue weighted by Gasteiger charge is 2.14. The van der Waals surface area contributed by atoms with Crippen LogP contribution in [0.2, 0.25) is 5.02 Å². The van der Waals surface area contributed by atoms with Gasteiger partial charge in [-0.1, -0.05) is 29.8 Å². The molecule has 0 aromatic heterocycles. The van der Waals surface area contributed by atoms with Gasteiger partial charge in [-0.25, -0.2) is 0 Å². The van der Waals surface area contributed by atoms with Gasteiger partial charge in [0.2, 0.25) is 0 Å². The van der Waals surface area contributed by atoms with Crippen molar-refractivity contribution in [2.75, 3.05) is 12.8 Å². The molecule has 0 aliphatic heterocycles. The van der Waals surface area contributed by atoms with Gasteiger partial charge in [-0.15, -0.1) is 0 Å². The summed E-state index contributed by atoms with van der Waals surface area (Å²) in [6, 6.07) is 7.08. The molecule has 0 aliphatic rings. The number of hydrogen-bond acceptors (Lipinski definition) is 3. The number of halogens is 1. The lowest BCUT2D eigenvalue weighted by Gasteiger charge is -2.10. The molecule has 1 aromatic rings. The van der Waals surface area contributed by atoms with Crippen LogP contribution in [0, 0.1) is 0 Å². The van der Waals surface area contributed by atoms with Crippen LogP contribution in [0.25, 0.3) is 0 Å². The van der Waals surface area contributed by atoms with Crippen molar-refractivity contribution in [3.05, 3.63) is 34.9 Å². The number of hydrogen-bond donors (Lipinski definition) is 2. The Hall–Kier alpha value is -0.710. The summed E-state index contributed by atoms with van der Waals surface area (Å²) in [5, 5.41) is 12.3. The van der Waals surface area contributed by atoms with Crippen molar-refractivity contribution >= 4 is 29.3 Å². The van der Waals surface area contributed by atoms with E-state index in [1.54, 1.807) is 18.8 Å². The standard InChI is InChI=1S/C11H14ClNO2S/c1-13-10(11(14)15)7-16-6-8-4-2-3-5-9(8)12/h2-5,10,13H,6-7H2,1H3,(H,14,15). The zero-order valence-electron chi connectivity index (χ0n) is 8.94. The molecular weight excluding hydrogens is 246 g/mol. The van der Waals surface area contributed by atoms with Gasteiger partial charge in [-0.3, -0.25) is 4.79 Å². The highest BCUT2D eigenvalue weighted by Crippen LogP contribution is 2.21. The molecule has 0 saturated carbocycles. The molecule has 0 amide bonds. The molecule has 1 unspecified atom stereocenters. The van der Waals surface area contributed by atoms with E-state index >= 15 is 0 Å². The van der Waals surface area contributed by atoms with Crippen LogP contribution in [0.5, 0.6) is 0 Å². The molecule has 16 heavy (non-hydrogen) atoms. The van der Waals surface area contributed by atoms with E-state index in [0.29, 0.717) is 5.75 Å². The predicted octanol–water partition coefficient (Wildman–Crippen LogP) is 2.25. The summed E-state index contributed by atoms with van der Waals surface area (Å²) in [6.45, 7) is 0. The number of aliphatic carboxylic acids is 1. The number of carbonyl (C=O) groups is 1. The second kappa shape index (κ2) is 6.78. The van der Waals surface area contributed by atoms with Gasteiger partial charge in [0.15, 0.2) is 0 Å². The molecule has 0 bridgehead atoms. The van der Waals surface area contributed by atoms with E-state index in [9.17, 15) is 4.79 Å². The van der Waals surface area contributed by atoms with E-state index in [4.69, 9.17) is 16.7 Å². The lowest BCUT2D eigenvalue weighted by molar-refractivity contribution is -0.138. The number of likely N-dealkylation sites (N-methyl/N-ethyl adjacent to an activating group) is 1. The summed E-state index contributed by atoms with van der Waals surface area (Å²) in [6.07, 6.45) is 0. The van der Waals surface area contributed by atoms with Crippen LogP contribution in [0.3, 0.4) is 0 Å². The molecule has 1 aromatic carbocycles. The third kappa shape index (κ3) is 4.04. The van der Waals surface area contributed by atoms with Crippen molar-refractivity contribution < 1.29 is 9.90 Å². The van der Waals surface area contributed by atoms with Gasteiger partial charge < -0.3 is 10.4 Å². The van der Waals surface area contributed by atoms with Crippen molar-refractivity contribution in [2.24, 2.45) is 0 Å². The summed E-state index contributed by atoms with van der Waals surface area (Å²) >= 11 is 7.54. The Kier molecular flexibility index (Phi) is 5.66. The topological polar surface area (TPSA) is 49.3 Å². The zero-order valence-corrected chi connectivity index (χ0v) is 10.5. The summed E-state index contributed by atoms with van der Waals surface area (Å²) in [4.78, 5) is 10.7. The van der Waals surface area contributed by atoms with Gasteiger partial charge in [-0.05, 0) is 18.7 Å². The number of benzene rings is 1. The first-order chi connectivity index (χ1) is 7.65. The van der Waals surface area contributed by atoms with Gasteiger partial charge >= 0.3 is 5.97 Å². The third-order valence-electron chi connectivity index (χ3n) is 2.15. The van der Waals surface area contributed by atoms with Crippen LogP contribution >= 0.6 is 23.4 Å². The molecule has 0 fully saturated rings. The molecule has 2 N–H and O–H groups in total. The zero-order chi connectivity index (χ0) is 12.0. The van der Waals surface area contributed by atoms with Gasteiger partial charge in [-0.2, -0.15) is 11.8 Å². The van der Waals surface area contributed by atoms with Crippen LogP contribution in [-0.4, -0.2) is 29.9 Å². The summed E-state index contributed by atoms with van der Waals surface area (Å²) < 4.78 is 0. The maximum absolute atomic E-state index is 10.7. The minimum absolute atomic E-state index is 0.507. The third-order valence-corrected chi connectivity index (χ3v) is 3.60. The van der Waals surface area contributed by atoms with Crippen LogP contribution in [0.15, 0.2) is 24.3 Å². The second-order valence-corrected chi connectivity index (χ2v) is 4.72. The maximum Gasteiger partial charge on any atom is 0.321 e. The number of nitrogens with one attached hydrogen (secondary N) is 1. The smallest absolute Gasteiger partial charge is 0.321 e. The van der Waals surface area contributed by atoms with Crippen molar-refractivity contribution in [3.8, 4) is 0 Å². The van der Waals surface area contributed by atoms with Crippen LogP contribution in [0.1, 0.15) is 5.56 Å². The molecule has 0 heterocycles. The highest BCUT2D eigenvalue weighted by molar-refractivity contribution is 7.98. The lowest BCUT2D eigenvalue weighted by Crippen LogP contribution is -2.36. The Bertz CT molecular complexity index is 360. The minimum Gasteiger partial charge on any atom is -0.480 e. The molecule has 1 rings (SSSR count). The summed E-state index contributed by atoms with van der Waals surface area (Å²) in [5.74, 6) is 0.427. The summed E-state index contributed by atoms with van der Waals surface area (Å²) in [5.41, 5.74) is 1.04. The highest BCUT2D eigenvalue weighted by atomic mass is 35.5. The van der Waals surface area contributed by atoms with Gasteiger partial charge in [0.05, 0.1) is 0 Å². The van der Waals surface area contributed by atoms with Crippen LogP contribution in [-0.2, 0) is 10.5 Å². The molecular formula is C11H14ClNO2S. The minimum atomic E-state index is -0.825. The van der Waals surface area contributed by atoms with E-state index in [1.807, 2.05) is 24.3 Å². The maximum atomic E-state index is 10.7. The first kappa shape index (κ1) is 13.4. The number of carboxylic acids is 1. The fourth-order valence-electron chi connectivity index (χ4n) is 1.18. The fourth-order valence-corrected chi connectivity index (χ4v) is 2.60. The fraction of sp³-hybridized carbons (Fsp3) is 0.364. The number of rotatable bonds is 6. The predicted molar refractivity (Wildman–Crippen MR) is 68.1 cm³/mol. The normalized spacial score (nSPS) is 12.4. The second-order valence-electron chi connectivity index (χ2n) is 3.29. The quantitative estimate of drug-likeness (QED) is 0.823. The van der Waals surface area contributed by atoms with Crippen molar-refractivity contribution in [3.63, 3.8) is 0 Å².